The van der Waals surface area contributed by atoms with Crippen molar-refractivity contribution in [1.82, 2.24) is 9.34 Å². The van der Waals surface area contributed by atoms with E-state index in [4.69, 9.17) is 19.1 Å². The summed E-state index contributed by atoms with van der Waals surface area (Å²) in [6.45, 7) is 5.84. The molecule has 0 radical (unpaired) electrons. The molecule has 6 fully saturated rings. The third kappa shape index (κ3) is 12.3. The Morgan fingerprint density at radius 3 is 0.756 bits per heavy atom. The second-order valence-corrected chi connectivity index (χ2v) is 22.9. The molecule has 0 aromatic carbocycles. The summed E-state index contributed by atoms with van der Waals surface area (Å²) in [5.41, 5.74) is 4.61. The molecule has 0 amide bonds. The Morgan fingerprint density at radius 2 is 0.537 bits per heavy atom. The Bertz CT molecular complexity index is 501. The molecular formula is C34H66Cl2N2P2Pd+2. The van der Waals surface area contributed by atoms with Crippen LogP contribution in [0.5, 0.6) is 0 Å². The van der Waals surface area contributed by atoms with Crippen molar-refractivity contribution in [1.29, 1.82) is 0 Å². The molecule has 2 aliphatic heterocycles. The molecule has 6 rings (SSSR count). The number of hydrogen-bond donors (Lipinski definition) is 0. The van der Waals surface area contributed by atoms with Crippen LogP contribution < -0.4 is 0 Å². The van der Waals surface area contributed by atoms with Crippen molar-refractivity contribution in [2.75, 3.05) is 26.2 Å². The van der Waals surface area contributed by atoms with Gasteiger partial charge in [0.15, 0.2) is 0 Å². The summed E-state index contributed by atoms with van der Waals surface area (Å²) in [5, 5.41) is 0. The van der Waals surface area contributed by atoms with E-state index in [9.17, 15) is 0 Å². The molecule has 0 aromatic heterocycles. The van der Waals surface area contributed by atoms with Crippen molar-refractivity contribution < 1.29 is 15.9 Å². The topological polar surface area (TPSA) is 6.48 Å². The van der Waals surface area contributed by atoms with Crippen molar-refractivity contribution in [3.05, 3.63) is 0 Å². The molecule has 0 aromatic rings. The predicted molar refractivity (Wildman–Crippen MR) is 187 cm³/mol. The van der Waals surface area contributed by atoms with Gasteiger partial charge in [-0.3, -0.25) is 0 Å². The van der Waals surface area contributed by atoms with Gasteiger partial charge in [0.1, 0.15) is 0 Å². The van der Waals surface area contributed by atoms with E-state index in [-0.39, 0.29) is 32.1 Å². The summed E-state index contributed by atoms with van der Waals surface area (Å²) in [6, 6.07) is 0. The normalized spacial score (nSPS) is 27.3. The number of hydrogen-bond acceptors (Lipinski definition) is 2. The molecule has 4 saturated carbocycles. The van der Waals surface area contributed by atoms with Crippen LogP contribution in [-0.4, -0.2) is 58.2 Å². The fourth-order valence-electron chi connectivity index (χ4n) is 9.60. The van der Waals surface area contributed by atoms with Gasteiger partial charge in [-0.15, -0.1) is 0 Å². The van der Waals surface area contributed by atoms with Crippen LogP contribution in [-0.2, 0) is 15.9 Å². The van der Waals surface area contributed by atoms with E-state index >= 15 is 0 Å². The van der Waals surface area contributed by atoms with Crippen molar-refractivity contribution in [3.8, 4) is 0 Å². The van der Waals surface area contributed by atoms with Gasteiger partial charge >= 0.3 is 35.0 Å². The fourth-order valence-corrected chi connectivity index (χ4v) is 18.7. The summed E-state index contributed by atoms with van der Waals surface area (Å²) >= 11 is -0.106. The van der Waals surface area contributed by atoms with Gasteiger partial charge in [0.2, 0.25) is 0 Å². The predicted octanol–water partition coefficient (Wildman–Crippen LogP) is 11.9. The van der Waals surface area contributed by atoms with Crippen molar-refractivity contribution in [2.24, 2.45) is 0 Å². The zero-order chi connectivity index (χ0) is 28.5. The van der Waals surface area contributed by atoms with E-state index in [1.54, 1.807) is 103 Å². The Labute approximate surface area is 274 Å². The summed E-state index contributed by atoms with van der Waals surface area (Å²) < 4.78 is 6.08. The average Bonchev–Trinajstić information content (AvgIpc) is 3.05. The molecule has 2 heterocycles. The minimum absolute atomic E-state index is 0.106. The molecule has 6 aliphatic rings. The van der Waals surface area contributed by atoms with Crippen LogP contribution in [0.2, 0.25) is 0 Å². The Hall–Kier alpha value is 2.02. The van der Waals surface area contributed by atoms with Crippen molar-refractivity contribution >= 4 is 35.2 Å². The van der Waals surface area contributed by atoms with Crippen LogP contribution >= 0.6 is 35.2 Å². The first-order valence-corrected chi connectivity index (χ1v) is 25.6. The molecule has 2 nitrogen and oxygen atoms in total. The maximum atomic E-state index is 4.81. The van der Waals surface area contributed by atoms with Gasteiger partial charge in [-0.25, -0.2) is 0 Å². The Balaban J connectivity index is 0.000000173. The molecule has 0 unspecified atom stereocenters. The molecule has 0 atom stereocenters. The molecule has 2 saturated heterocycles. The van der Waals surface area contributed by atoms with Crippen molar-refractivity contribution in [2.45, 2.75) is 190 Å². The first-order chi connectivity index (χ1) is 20.3. The van der Waals surface area contributed by atoms with E-state index in [1.807, 2.05) is 0 Å². The van der Waals surface area contributed by atoms with Crippen LogP contribution in [0.1, 0.15) is 167 Å². The molecule has 41 heavy (non-hydrogen) atoms. The van der Waals surface area contributed by atoms with Crippen LogP contribution in [0.3, 0.4) is 0 Å². The molecule has 4 aliphatic carbocycles. The Kier molecular flexibility index (Phi) is 19.0. The second-order valence-electron chi connectivity index (χ2n) is 14.3. The fraction of sp³-hybridized carbons (Fsp3) is 1.00. The second kappa shape index (κ2) is 21.7. The van der Waals surface area contributed by atoms with Crippen LogP contribution in [0.15, 0.2) is 0 Å². The average molecular weight is 742 g/mol. The summed E-state index contributed by atoms with van der Waals surface area (Å²) in [4.78, 5) is 0. The van der Waals surface area contributed by atoms with Gasteiger partial charge in [-0.05, 0) is 128 Å². The molecular weight excluding hydrogens is 676 g/mol. The van der Waals surface area contributed by atoms with E-state index in [0.29, 0.717) is 0 Å². The summed E-state index contributed by atoms with van der Waals surface area (Å²) in [6.07, 6.45) is 40.1. The van der Waals surface area contributed by atoms with Crippen molar-refractivity contribution in [3.63, 3.8) is 0 Å². The number of nitrogens with zero attached hydrogens (tertiary/aromatic N) is 2. The molecule has 244 valence electrons. The summed E-state index contributed by atoms with van der Waals surface area (Å²) in [5.74, 6) is 0. The number of rotatable bonds is 6. The quantitative estimate of drug-likeness (QED) is 0.198. The van der Waals surface area contributed by atoms with Crippen LogP contribution in [0.4, 0.5) is 0 Å². The van der Waals surface area contributed by atoms with Crippen LogP contribution in [0.25, 0.3) is 0 Å². The SMILES string of the molecule is C1CCC([PH+](C2CCCCC2)N2CCCCC2)CC1.C1CCC([PH+](C2CCCCC2)N2CCCCC2)CC1.[Cl][Pd][Cl]. The van der Waals surface area contributed by atoms with Gasteiger partial charge in [0, 0.05) is 26.2 Å². The maximum absolute atomic E-state index is 4.81. The van der Waals surface area contributed by atoms with E-state index in [2.05, 4.69) is 9.34 Å². The van der Waals surface area contributed by atoms with Gasteiger partial charge < -0.3 is 0 Å². The van der Waals surface area contributed by atoms with E-state index in [0.717, 1.165) is 22.6 Å². The molecule has 7 heteroatoms. The van der Waals surface area contributed by atoms with Gasteiger partial charge in [0.05, 0.1) is 38.8 Å². The molecule has 0 bridgehead atoms. The third-order valence-electron chi connectivity index (χ3n) is 11.5. The minimum atomic E-state index is -0.213. The van der Waals surface area contributed by atoms with Gasteiger partial charge in [0.25, 0.3) is 0 Å². The van der Waals surface area contributed by atoms with E-state index in [1.165, 1.54) is 90.4 Å². The molecule has 0 N–H and O–H groups in total. The monoisotopic (exact) mass is 740 g/mol. The summed E-state index contributed by atoms with van der Waals surface area (Å²) in [7, 11) is 9.20. The first kappa shape index (κ1) is 35.9. The zero-order valence-corrected chi connectivity index (χ0v) is 31.6. The van der Waals surface area contributed by atoms with Gasteiger partial charge in [-0.1, -0.05) is 38.5 Å². The Morgan fingerprint density at radius 1 is 0.341 bits per heavy atom. The standard InChI is InChI=1S/2C17H32NP.2ClH.Pd/c2*1-4-10-16(11-5-1)19(17-12-6-2-7-13-17)18-14-8-3-9-15-18;;;/h2*16-17H,1-15H2;2*1H;/q;;;;+2. The number of halogens is 2. The molecule has 0 spiro atoms. The zero-order valence-electron chi connectivity index (χ0n) is 26.5. The third-order valence-corrected chi connectivity index (χ3v) is 19.5. The van der Waals surface area contributed by atoms with Gasteiger partial charge in [-0.2, -0.15) is 9.34 Å². The first-order valence-electron chi connectivity index (χ1n) is 18.4. The van der Waals surface area contributed by atoms with E-state index < -0.39 is 0 Å². The number of piperidine rings is 2. The van der Waals surface area contributed by atoms with Crippen LogP contribution in [0, 0.1) is 0 Å².